The van der Waals surface area contributed by atoms with Crippen LogP contribution in [0, 0.1) is 0 Å². The van der Waals surface area contributed by atoms with Gasteiger partial charge in [-0.2, -0.15) is 0 Å². The van der Waals surface area contributed by atoms with Crippen LogP contribution in [0.5, 0.6) is 0 Å². The number of rotatable bonds is 45. The van der Waals surface area contributed by atoms with Gasteiger partial charge in [-0.25, -0.2) is 0 Å². The van der Waals surface area contributed by atoms with Crippen molar-refractivity contribution in [1.29, 1.82) is 0 Å². The zero-order valence-electron chi connectivity index (χ0n) is 37.7. The van der Waals surface area contributed by atoms with E-state index in [-0.39, 0.29) is 31.1 Å². The summed E-state index contributed by atoms with van der Waals surface area (Å²) in [6, 6.07) is 0. The largest absolute Gasteiger partial charge is 0.462 e. The molecule has 6 heteroatoms. The summed E-state index contributed by atoms with van der Waals surface area (Å²) in [4.78, 5) is 37.8. The summed E-state index contributed by atoms with van der Waals surface area (Å²) >= 11 is 0. The van der Waals surface area contributed by atoms with Crippen LogP contribution in [0.1, 0.15) is 271 Å². The number of carbonyl (C=O) groups is 3. The molecule has 0 radical (unpaired) electrons. The zero-order valence-corrected chi connectivity index (χ0v) is 37.7. The van der Waals surface area contributed by atoms with Crippen molar-refractivity contribution in [3.63, 3.8) is 0 Å². The number of ether oxygens (including phenoxy) is 3. The van der Waals surface area contributed by atoms with Crippen LogP contribution in [-0.2, 0) is 28.6 Å². The SMILES string of the molecule is CCCCCCC/C=C\CCCCCCCC(=O)OCC(COC(=O)CCCCCCCCCCCCC)OC(=O)CCCCCCCCCCCCCCC. The molecule has 0 aromatic carbocycles. The summed E-state index contributed by atoms with van der Waals surface area (Å²) in [6.07, 6.45) is 49.0. The fourth-order valence-electron chi connectivity index (χ4n) is 7.26. The third-order valence-corrected chi connectivity index (χ3v) is 11.0. The minimum Gasteiger partial charge on any atom is -0.462 e. The second kappa shape index (κ2) is 45.8. The molecule has 0 aliphatic heterocycles. The molecule has 1 unspecified atom stereocenters. The van der Waals surface area contributed by atoms with Gasteiger partial charge in [-0.05, 0) is 44.9 Å². The molecule has 0 aromatic rings. The fourth-order valence-corrected chi connectivity index (χ4v) is 7.26. The van der Waals surface area contributed by atoms with E-state index in [4.69, 9.17) is 14.2 Å². The molecule has 1 atom stereocenters. The highest BCUT2D eigenvalue weighted by Gasteiger charge is 2.19. The van der Waals surface area contributed by atoms with E-state index in [1.807, 2.05) is 0 Å². The van der Waals surface area contributed by atoms with E-state index in [1.165, 1.54) is 167 Å². The molecule has 0 amide bonds. The van der Waals surface area contributed by atoms with Crippen molar-refractivity contribution in [3.8, 4) is 0 Å². The third-order valence-electron chi connectivity index (χ3n) is 11.0. The lowest BCUT2D eigenvalue weighted by Gasteiger charge is -2.18. The van der Waals surface area contributed by atoms with E-state index < -0.39 is 6.10 Å². The van der Waals surface area contributed by atoms with Crippen LogP contribution in [0.25, 0.3) is 0 Å². The highest BCUT2D eigenvalue weighted by Crippen LogP contribution is 2.16. The topological polar surface area (TPSA) is 78.9 Å². The Hall–Kier alpha value is -1.85. The first kappa shape index (κ1) is 54.2. The summed E-state index contributed by atoms with van der Waals surface area (Å²) in [5.41, 5.74) is 0. The lowest BCUT2D eigenvalue weighted by molar-refractivity contribution is -0.167. The molecule has 0 aliphatic rings. The van der Waals surface area contributed by atoms with E-state index in [2.05, 4.69) is 32.9 Å². The van der Waals surface area contributed by atoms with Gasteiger partial charge in [-0.3, -0.25) is 14.4 Å². The van der Waals surface area contributed by atoms with Crippen LogP contribution in [0.15, 0.2) is 12.2 Å². The van der Waals surface area contributed by atoms with Crippen LogP contribution in [0.2, 0.25) is 0 Å². The second-order valence-electron chi connectivity index (χ2n) is 16.7. The van der Waals surface area contributed by atoms with E-state index >= 15 is 0 Å². The van der Waals surface area contributed by atoms with Gasteiger partial charge in [0.2, 0.25) is 0 Å². The molecule has 0 aromatic heterocycles. The number of hydrogen-bond donors (Lipinski definition) is 0. The molecule has 0 saturated heterocycles. The van der Waals surface area contributed by atoms with Gasteiger partial charge in [0.15, 0.2) is 6.10 Å². The highest BCUT2D eigenvalue weighted by atomic mass is 16.6. The summed E-state index contributed by atoms with van der Waals surface area (Å²) in [5.74, 6) is -0.864. The van der Waals surface area contributed by atoms with Gasteiger partial charge in [-0.1, -0.05) is 219 Å². The Morgan fingerprint density at radius 3 is 0.893 bits per heavy atom. The normalized spacial score (nSPS) is 12.0. The van der Waals surface area contributed by atoms with Crippen molar-refractivity contribution in [2.75, 3.05) is 13.2 Å². The van der Waals surface area contributed by atoms with E-state index in [1.54, 1.807) is 0 Å². The van der Waals surface area contributed by atoms with Gasteiger partial charge in [0, 0.05) is 19.3 Å². The molecule has 0 fully saturated rings. The number of allylic oxidation sites excluding steroid dienone is 2. The predicted molar refractivity (Wildman–Crippen MR) is 238 cm³/mol. The van der Waals surface area contributed by atoms with Gasteiger partial charge in [0.05, 0.1) is 0 Å². The lowest BCUT2D eigenvalue weighted by Crippen LogP contribution is -2.30. The summed E-state index contributed by atoms with van der Waals surface area (Å²) in [7, 11) is 0. The standard InChI is InChI=1S/C50H94O6/c1-4-7-10-13-16-19-22-24-26-28-31-34-37-40-43-49(52)55-46-47(45-54-48(51)42-39-36-33-30-27-21-18-15-12-9-6-3)56-50(53)44-41-38-35-32-29-25-23-20-17-14-11-8-5-2/h22,24,47H,4-21,23,25-46H2,1-3H3/b24-22-. The minimum atomic E-state index is -0.765. The Morgan fingerprint density at radius 1 is 0.339 bits per heavy atom. The number of carbonyl (C=O) groups excluding carboxylic acids is 3. The molecule has 0 rings (SSSR count). The molecule has 330 valence electrons. The lowest BCUT2D eigenvalue weighted by atomic mass is 10.0. The van der Waals surface area contributed by atoms with Gasteiger partial charge in [0.1, 0.15) is 13.2 Å². The van der Waals surface area contributed by atoms with E-state index in [0.717, 1.165) is 64.2 Å². The molecular formula is C50H94O6. The second-order valence-corrected chi connectivity index (χ2v) is 16.7. The zero-order chi connectivity index (χ0) is 40.8. The molecule has 0 spiro atoms. The van der Waals surface area contributed by atoms with Crippen molar-refractivity contribution in [1.82, 2.24) is 0 Å². The third kappa shape index (κ3) is 43.3. The monoisotopic (exact) mass is 791 g/mol. The Labute approximate surface area is 348 Å². The predicted octanol–water partition coefficient (Wildman–Crippen LogP) is 15.8. The van der Waals surface area contributed by atoms with E-state index in [0.29, 0.717) is 19.3 Å². The van der Waals surface area contributed by atoms with Crippen LogP contribution in [0.3, 0.4) is 0 Å². The maximum Gasteiger partial charge on any atom is 0.306 e. The number of esters is 3. The van der Waals surface area contributed by atoms with Crippen molar-refractivity contribution >= 4 is 17.9 Å². The average Bonchev–Trinajstić information content (AvgIpc) is 3.19. The van der Waals surface area contributed by atoms with Gasteiger partial charge >= 0.3 is 17.9 Å². The summed E-state index contributed by atoms with van der Waals surface area (Å²) in [5, 5.41) is 0. The smallest absolute Gasteiger partial charge is 0.306 e. The van der Waals surface area contributed by atoms with Crippen LogP contribution < -0.4 is 0 Å². The molecule has 0 N–H and O–H groups in total. The van der Waals surface area contributed by atoms with Crippen molar-refractivity contribution in [3.05, 3.63) is 12.2 Å². The van der Waals surface area contributed by atoms with Gasteiger partial charge in [-0.15, -0.1) is 0 Å². The van der Waals surface area contributed by atoms with Gasteiger partial charge in [0.25, 0.3) is 0 Å². The van der Waals surface area contributed by atoms with Gasteiger partial charge < -0.3 is 14.2 Å². The number of unbranched alkanes of at least 4 members (excludes halogenated alkanes) is 32. The number of hydrogen-bond acceptors (Lipinski definition) is 6. The minimum absolute atomic E-state index is 0.0677. The van der Waals surface area contributed by atoms with Crippen LogP contribution in [0.4, 0.5) is 0 Å². The molecule has 56 heavy (non-hydrogen) atoms. The van der Waals surface area contributed by atoms with Crippen molar-refractivity contribution in [2.24, 2.45) is 0 Å². The molecule has 0 bridgehead atoms. The van der Waals surface area contributed by atoms with Crippen LogP contribution in [-0.4, -0.2) is 37.2 Å². The van der Waals surface area contributed by atoms with Crippen molar-refractivity contribution < 1.29 is 28.6 Å². The molecule has 6 nitrogen and oxygen atoms in total. The molecular weight excluding hydrogens is 697 g/mol. The first-order valence-corrected chi connectivity index (χ1v) is 24.7. The average molecular weight is 791 g/mol. The maximum absolute atomic E-state index is 12.7. The first-order valence-electron chi connectivity index (χ1n) is 24.7. The maximum atomic E-state index is 12.7. The summed E-state index contributed by atoms with van der Waals surface area (Å²) in [6.45, 7) is 6.64. The van der Waals surface area contributed by atoms with Crippen molar-refractivity contribution in [2.45, 2.75) is 277 Å². The Morgan fingerprint density at radius 2 is 0.589 bits per heavy atom. The molecule has 0 saturated carbocycles. The Kier molecular flexibility index (Phi) is 44.3. The highest BCUT2D eigenvalue weighted by molar-refractivity contribution is 5.71. The van der Waals surface area contributed by atoms with Crippen LogP contribution >= 0.6 is 0 Å². The molecule has 0 heterocycles. The Bertz CT molecular complexity index is 870. The summed E-state index contributed by atoms with van der Waals surface area (Å²) < 4.78 is 16.8. The first-order chi connectivity index (χ1) is 27.5. The fraction of sp³-hybridized carbons (Fsp3) is 0.900. The quantitative estimate of drug-likeness (QED) is 0.0264. The van der Waals surface area contributed by atoms with E-state index in [9.17, 15) is 14.4 Å². The molecule has 0 aliphatic carbocycles. The Balaban J connectivity index is 4.34.